The first-order valence-electron chi connectivity index (χ1n) is 7.40. The quantitative estimate of drug-likeness (QED) is 0.686. The molecule has 0 aliphatic heterocycles. The van der Waals surface area contributed by atoms with Crippen molar-refractivity contribution in [1.29, 1.82) is 0 Å². The third-order valence-electron chi connectivity index (χ3n) is 4.02. The van der Waals surface area contributed by atoms with E-state index in [1.807, 2.05) is 31.3 Å². The van der Waals surface area contributed by atoms with E-state index in [-0.39, 0.29) is 5.97 Å². The molecule has 0 radical (unpaired) electrons. The Balaban J connectivity index is 2.00. The highest BCUT2D eigenvalue weighted by Gasteiger charge is 2.16. The summed E-state index contributed by atoms with van der Waals surface area (Å²) in [5.74, 6) is -0.280. The summed E-state index contributed by atoms with van der Waals surface area (Å²) in [7, 11) is 3.43. The first-order chi connectivity index (χ1) is 10.7. The number of aromatic nitrogens is 1. The summed E-state index contributed by atoms with van der Waals surface area (Å²) in [5, 5.41) is 1.01. The molecule has 0 saturated carbocycles. The highest BCUT2D eigenvalue weighted by Crippen LogP contribution is 2.26. The van der Waals surface area contributed by atoms with Crippen molar-refractivity contribution in [3.05, 3.63) is 71.4 Å². The predicted octanol–water partition coefficient (Wildman–Crippen LogP) is 3.75. The second-order valence-electron chi connectivity index (χ2n) is 5.44. The molecule has 0 unspecified atom stereocenters. The van der Waals surface area contributed by atoms with E-state index in [1.165, 1.54) is 18.2 Å². The normalized spacial score (nSPS) is 10.8. The molecule has 0 aliphatic rings. The number of carbonyl (C=O) groups excluding carboxylic acids is 1. The van der Waals surface area contributed by atoms with E-state index in [9.17, 15) is 4.79 Å². The van der Waals surface area contributed by atoms with E-state index < -0.39 is 0 Å². The van der Waals surface area contributed by atoms with Crippen LogP contribution in [0.4, 0.5) is 0 Å². The van der Waals surface area contributed by atoms with Crippen molar-refractivity contribution in [3.63, 3.8) is 0 Å². The van der Waals surface area contributed by atoms with Crippen molar-refractivity contribution >= 4 is 16.9 Å². The van der Waals surface area contributed by atoms with Crippen LogP contribution in [-0.4, -0.2) is 17.6 Å². The molecule has 0 N–H and O–H groups in total. The molecule has 1 aromatic heterocycles. The summed E-state index contributed by atoms with van der Waals surface area (Å²) >= 11 is 0. The number of nitrogens with zero attached hydrogens (tertiary/aromatic N) is 1. The Morgan fingerprint density at radius 1 is 1.05 bits per heavy atom. The van der Waals surface area contributed by atoms with Gasteiger partial charge in [0.25, 0.3) is 0 Å². The summed E-state index contributed by atoms with van der Waals surface area (Å²) in [6, 6.07) is 16.2. The van der Waals surface area contributed by atoms with Gasteiger partial charge in [-0.2, -0.15) is 0 Å². The Kier molecular flexibility index (Phi) is 3.96. The van der Waals surface area contributed by atoms with E-state index in [0.29, 0.717) is 5.56 Å². The van der Waals surface area contributed by atoms with Gasteiger partial charge in [0, 0.05) is 24.1 Å². The Morgan fingerprint density at radius 3 is 2.55 bits per heavy atom. The zero-order valence-electron chi connectivity index (χ0n) is 12.9. The number of fused-ring (bicyclic) bond motifs is 1. The molecular weight excluding hydrogens is 274 g/mol. The molecule has 1 heterocycles. The SMILES string of the molecule is COC(=O)c1cccc2c1c(CCc1ccccc1)cn2C. The number of hydrogen-bond donors (Lipinski definition) is 0. The van der Waals surface area contributed by atoms with E-state index in [0.717, 1.165) is 23.7 Å². The molecule has 0 aliphatic carbocycles. The van der Waals surface area contributed by atoms with Crippen LogP contribution in [-0.2, 0) is 24.6 Å². The van der Waals surface area contributed by atoms with Crippen molar-refractivity contribution in [2.24, 2.45) is 7.05 Å². The van der Waals surface area contributed by atoms with Crippen LogP contribution in [0.3, 0.4) is 0 Å². The van der Waals surface area contributed by atoms with Crippen LogP contribution in [0.5, 0.6) is 0 Å². The summed E-state index contributed by atoms with van der Waals surface area (Å²) in [6.45, 7) is 0. The van der Waals surface area contributed by atoms with Gasteiger partial charge in [-0.25, -0.2) is 4.79 Å². The zero-order valence-corrected chi connectivity index (χ0v) is 12.9. The Bertz CT molecular complexity index is 803. The molecule has 3 nitrogen and oxygen atoms in total. The number of hydrogen-bond acceptors (Lipinski definition) is 2. The molecule has 0 bridgehead atoms. The monoisotopic (exact) mass is 293 g/mol. The number of ether oxygens (including phenoxy) is 1. The Hall–Kier alpha value is -2.55. The molecule has 2 aromatic carbocycles. The van der Waals surface area contributed by atoms with Gasteiger partial charge in [0.05, 0.1) is 12.7 Å². The Morgan fingerprint density at radius 2 is 1.82 bits per heavy atom. The number of methoxy groups -OCH3 is 1. The van der Waals surface area contributed by atoms with Gasteiger partial charge in [0.2, 0.25) is 0 Å². The van der Waals surface area contributed by atoms with Gasteiger partial charge in [-0.05, 0) is 36.1 Å². The fraction of sp³-hybridized carbons (Fsp3) is 0.211. The highest BCUT2D eigenvalue weighted by atomic mass is 16.5. The molecule has 22 heavy (non-hydrogen) atoms. The predicted molar refractivity (Wildman–Crippen MR) is 88.1 cm³/mol. The molecule has 0 spiro atoms. The van der Waals surface area contributed by atoms with Gasteiger partial charge in [0.1, 0.15) is 0 Å². The third kappa shape index (κ3) is 2.62. The first kappa shape index (κ1) is 14.4. The minimum atomic E-state index is -0.280. The lowest BCUT2D eigenvalue weighted by atomic mass is 10.0. The molecule has 0 atom stereocenters. The maximum absolute atomic E-state index is 12.0. The van der Waals surface area contributed by atoms with Gasteiger partial charge in [-0.3, -0.25) is 0 Å². The standard InChI is InChI=1S/C19H19NO2/c1-20-13-15(12-11-14-7-4-3-5-8-14)18-16(19(21)22-2)9-6-10-17(18)20/h3-10,13H,11-12H2,1-2H3. The van der Waals surface area contributed by atoms with Crippen LogP contribution in [0.25, 0.3) is 10.9 Å². The fourth-order valence-electron chi connectivity index (χ4n) is 2.93. The van der Waals surface area contributed by atoms with Crippen LogP contribution in [0, 0.1) is 0 Å². The van der Waals surface area contributed by atoms with Crippen molar-refractivity contribution in [2.75, 3.05) is 7.11 Å². The molecule has 3 heteroatoms. The smallest absolute Gasteiger partial charge is 0.338 e. The number of aryl methyl sites for hydroxylation is 3. The van der Waals surface area contributed by atoms with E-state index >= 15 is 0 Å². The lowest BCUT2D eigenvalue weighted by molar-refractivity contribution is 0.0603. The van der Waals surface area contributed by atoms with Gasteiger partial charge < -0.3 is 9.30 Å². The van der Waals surface area contributed by atoms with Gasteiger partial charge in [-0.1, -0.05) is 36.4 Å². The van der Waals surface area contributed by atoms with Crippen LogP contribution in [0.15, 0.2) is 54.7 Å². The van der Waals surface area contributed by atoms with Crippen molar-refractivity contribution < 1.29 is 9.53 Å². The summed E-state index contributed by atoms with van der Waals surface area (Å²) in [4.78, 5) is 12.0. The maximum atomic E-state index is 12.0. The van der Waals surface area contributed by atoms with Gasteiger partial charge >= 0.3 is 5.97 Å². The van der Waals surface area contributed by atoms with Crippen molar-refractivity contribution in [1.82, 2.24) is 4.57 Å². The molecule has 0 amide bonds. The topological polar surface area (TPSA) is 31.2 Å². The number of rotatable bonds is 4. The molecule has 112 valence electrons. The van der Waals surface area contributed by atoms with Gasteiger partial charge in [0.15, 0.2) is 0 Å². The largest absolute Gasteiger partial charge is 0.465 e. The van der Waals surface area contributed by atoms with Crippen LogP contribution in [0.2, 0.25) is 0 Å². The number of benzene rings is 2. The summed E-state index contributed by atoms with van der Waals surface area (Å²) in [6.07, 6.45) is 3.96. The summed E-state index contributed by atoms with van der Waals surface area (Å²) in [5.41, 5.74) is 4.19. The van der Waals surface area contributed by atoms with E-state index in [4.69, 9.17) is 4.74 Å². The second-order valence-corrected chi connectivity index (χ2v) is 5.44. The van der Waals surface area contributed by atoms with Crippen LogP contribution >= 0.6 is 0 Å². The zero-order chi connectivity index (χ0) is 15.5. The van der Waals surface area contributed by atoms with Crippen LogP contribution in [0.1, 0.15) is 21.5 Å². The average Bonchev–Trinajstić information content (AvgIpc) is 2.89. The average molecular weight is 293 g/mol. The minimum Gasteiger partial charge on any atom is -0.465 e. The maximum Gasteiger partial charge on any atom is 0.338 e. The molecule has 3 rings (SSSR count). The van der Waals surface area contributed by atoms with Gasteiger partial charge in [-0.15, -0.1) is 0 Å². The number of carbonyl (C=O) groups is 1. The Labute approximate surface area is 130 Å². The van der Waals surface area contributed by atoms with E-state index in [1.54, 1.807) is 0 Å². The highest BCUT2D eigenvalue weighted by molar-refractivity contribution is 6.05. The van der Waals surface area contributed by atoms with Crippen molar-refractivity contribution in [3.8, 4) is 0 Å². The summed E-state index contributed by atoms with van der Waals surface area (Å²) < 4.78 is 6.99. The second kappa shape index (κ2) is 6.06. The lowest BCUT2D eigenvalue weighted by Gasteiger charge is -2.05. The van der Waals surface area contributed by atoms with E-state index in [2.05, 4.69) is 35.0 Å². The fourth-order valence-corrected chi connectivity index (χ4v) is 2.93. The molecule has 0 fully saturated rings. The molecule has 0 saturated heterocycles. The molecule has 3 aromatic rings. The number of esters is 1. The third-order valence-corrected chi connectivity index (χ3v) is 4.02. The van der Waals surface area contributed by atoms with Crippen molar-refractivity contribution in [2.45, 2.75) is 12.8 Å². The van der Waals surface area contributed by atoms with Crippen LogP contribution < -0.4 is 0 Å². The lowest BCUT2D eigenvalue weighted by Crippen LogP contribution is -2.02. The minimum absolute atomic E-state index is 0.280. The molecular formula is C19H19NO2. The first-order valence-corrected chi connectivity index (χ1v) is 7.40.